The maximum Gasteiger partial charge on any atom is 0.341 e. The second-order valence-corrected chi connectivity index (χ2v) is 23.5. The van der Waals surface area contributed by atoms with Gasteiger partial charge in [-0.2, -0.15) is 50.1 Å². The molecule has 0 spiro atoms. The van der Waals surface area contributed by atoms with Crippen LogP contribution >= 0.6 is 11.6 Å². The third-order valence-electron chi connectivity index (χ3n) is 16.5. The molecule has 14 heterocycles. The van der Waals surface area contributed by atoms with Crippen LogP contribution in [-0.2, 0) is 42.8 Å². The Morgan fingerprint density at radius 2 is 0.853 bits per heavy atom. The number of carbonyl (C=O) groups excluding carboxylic acids is 5. The molecule has 4 aliphatic rings. The lowest BCUT2D eigenvalue weighted by Gasteiger charge is -2.16. The fourth-order valence-corrected chi connectivity index (χ4v) is 11.2. The highest BCUT2D eigenvalue weighted by Crippen LogP contribution is 2.37. The lowest BCUT2D eigenvalue weighted by molar-refractivity contribution is -0.150. The molecule has 0 unspecified atom stereocenters. The van der Waals surface area contributed by atoms with E-state index in [2.05, 4.69) is 85.5 Å². The van der Waals surface area contributed by atoms with Gasteiger partial charge in [0.1, 0.15) is 108 Å². The first-order valence-corrected chi connectivity index (χ1v) is 32.3. The minimum absolute atomic E-state index is 0. The molecule has 10 aromatic rings. The van der Waals surface area contributed by atoms with Crippen molar-refractivity contribution < 1.29 is 114 Å². The first-order valence-electron chi connectivity index (χ1n) is 31.9. The molecule has 4 fully saturated rings. The predicted molar refractivity (Wildman–Crippen MR) is 366 cm³/mol. The van der Waals surface area contributed by atoms with Crippen molar-refractivity contribution in [3.63, 3.8) is 0 Å². The number of aldehydes is 2. The highest BCUT2D eigenvalue weighted by atomic mass is 35.5. The highest BCUT2D eigenvalue weighted by molar-refractivity contribution is 6.28. The summed E-state index contributed by atoms with van der Waals surface area (Å²) in [5.74, 6) is 2.89. The molecule has 14 rings (SSSR count). The smallest absolute Gasteiger partial charge is 0.341 e. The molecule has 0 radical (unpaired) electrons. The summed E-state index contributed by atoms with van der Waals surface area (Å²) < 4.78 is 39.3. The molecule has 4 saturated heterocycles. The van der Waals surface area contributed by atoms with Gasteiger partial charge in [-0.1, -0.05) is 7.43 Å². The van der Waals surface area contributed by atoms with E-state index in [4.69, 9.17) is 74.3 Å². The number of fused-ring (bicyclic) bond motifs is 4. The van der Waals surface area contributed by atoms with Gasteiger partial charge >= 0.3 is 11.9 Å². The van der Waals surface area contributed by atoms with E-state index in [9.17, 15) is 75.0 Å². The van der Waals surface area contributed by atoms with Gasteiger partial charge in [-0.15, -0.1) is 0 Å². The molecular weight excluding hydrogens is 1480 g/mol. The van der Waals surface area contributed by atoms with Crippen LogP contribution in [0.4, 0.5) is 29.2 Å². The van der Waals surface area contributed by atoms with Crippen molar-refractivity contribution in [3.8, 4) is 11.9 Å². The molecule has 1 amide bonds. The summed E-state index contributed by atoms with van der Waals surface area (Å²) in [7, 11) is 1.50. The van der Waals surface area contributed by atoms with E-state index in [0.29, 0.717) is 16.6 Å². The zero-order chi connectivity index (χ0) is 78.3. The third-order valence-corrected chi connectivity index (χ3v) is 16.6. The van der Waals surface area contributed by atoms with Crippen molar-refractivity contribution in [2.75, 3.05) is 75.0 Å². The van der Waals surface area contributed by atoms with E-state index in [-0.39, 0.29) is 125 Å². The summed E-state index contributed by atoms with van der Waals surface area (Å²) in [6.07, 6.45) is -6.34. The van der Waals surface area contributed by atoms with Gasteiger partial charge in [0.25, 0.3) is 17.8 Å². The van der Waals surface area contributed by atoms with Gasteiger partial charge in [0, 0.05) is 19.4 Å². The molecule has 24 N–H and O–H groups in total. The van der Waals surface area contributed by atoms with Crippen LogP contribution in [0.15, 0.2) is 50.1 Å². The fraction of sp³-hybridized carbons (Fsp3) is 0.466. The number of nitrogens with two attached hydrogens (primary N) is 5. The van der Waals surface area contributed by atoms with Crippen molar-refractivity contribution in [3.05, 3.63) is 66.5 Å². The SMILES string of the molecule is C.CCOC(=O)C(C=O)C=O.CCOC(=O)c1cnn(-c2nc(N)c3ncn([C@@H]4O[C@H](CO)[C@@H](O)[C@H]4O)c3n2)c1.CNC(=O)c1cnn(-c2nc(N)c3ncn([C@@H]4O[C@H](CO)[C@@H](O)[C@H]4O)c3n2)c1.NNc1nc(N)c2ncn([C@@H]3O[C@H](CO)[C@@H](O)[C@H]3O)c2n1.Nc1nc(Cl)nc2c1ncn2[C@@H]1O[C@H](CO)[C@@H](O)[C@H]1O. The van der Waals surface area contributed by atoms with E-state index in [1.807, 2.05) is 0 Å². The molecule has 16 atom stereocenters. The standard InChI is InChI=1S/C16H19N7O6.C15H18N8O5.C10H12ClN5O4.C10H15N7O4.C6H8O4.CH4/c1-2-28-15(27)7-3-19-23(4-7)16-20-12(17)9-13(21-16)22(6-18-9)14-11(26)10(25)8(5-24)29-14;1-17-13(27)6-2-19-23(3-6)15-20-11(16)8-12(21-15)22(5-18-8)14-10(26)9(25)7(4-24)28-14;11-10-14-7(12)4-8(15-10)16(2-13-4)9-6(19)5(18)3(1-17)20-9;11-7-4-8(15-10(14-7)16-12)17(2-13-4)9-6(20)5(19)3(1-18)21-9;1-2-10-6(9)5(3-7)4-8;/h3-4,6,8,10-11,14,24-26H,2,5H2,1H3,(H2,17,20,21);2-3,5,7,9-10,14,24-26H,4H2,1H3,(H,17,27)(H2,16,20,21);2-3,5-6,9,17-19H,1H2,(H2,12,14,15);2-3,5-6,9,18-20H,1,12H2,(H3,11,14,15,16);3-5H,2H2,1H3;1H4/t8-,10-,11-,14-;7-,9-,10-,14-;2*3-,5-,6-,9-;;/m1111../s1. The van der Waals surface area contributed by atoms with Crippen molar-refractivity contribution in [1.82, 2.24) is 103 Å². The summed E-state index contributed by atoms with van der Waals surface area (Å²) in [4.78, 5) is 103. The van der Waals surface area contributed by atoms with Gasteiger partial charge in [0.05, 0.1) is 88.5 Å². The average Bonchev–Trinajstić information content (AvgIpc) is 1.64. The number of carbonyl (C=O) groups is 5. The van der Waals surface area contributed by atoms with Crippen LogP contribution in [0.1, 0.15) is 66.9 Å². The number of aliphatic hydroxyl groups excluding tert-OH is 12. The quantitative estimate of drug-likeness (QED) is 0.00947. The number of ether oxygens (including phenoxy) is 6. The number of hydrazine groups is 1. The van der Waals surface area contributed by atoms with Gasteiger partial charge in [-0.05, 0) is 25.4 Å². The number of hydrogen-bond donors (Lipinski definition) is 19. The maximum atomic E-state index is 11.8. The number of halogens is 1. The van der Waals surface area contributed by atoms with E-state index in [0.717, 1.165) is 0 Å². The fourth-order valence-electron chi connectivity index (χ4n) is 11.0. The molecule has 109 heavy (non-hydrogen) atoms. The van der Waals surface area contributed by atoms with Crippen LogP contribution in [0.3, 0.4) is 0 Å². The Bertz CT molecular complexity index is 4820. The topological polar surface area (TPSA) is 748 Å². The largest absolute Gasteiger partial charge is 0.465 e. The van der Waals surface area contributed by atoms with Crippen molar-refractivity contribution in [1.29, 1.82) is 0 Å². The summed E-state index contributed by atoms with van der Waals surface area (Å²) in [5, 5.41) is 127. The summed E-state index contributed by atoms with van der Waals surface area (Å²) in [6.45, 7) is 1.93. The Hall–Kier alpha value is -11.0. The number of aliphatic hydroxyl groups is 12. The van der Waals surface area contributed by atoms with E-state index >= 15 is 0 Å². The molecule has 0 bridgehead atoms. The summed E-state index contributed by atoms with van der Waals surface area (Å²) in [5.41, 5.74) is 28.3. The Labute approximate surface area is 615 Å². The number of anilines is 5. The lowest BCUT2D eigenvalue weighted by Crippen LogP contribution is -2.33. The number of amides is 1. The number of hydrogen-bond acceptors (Lipinski definition) is 43. The minimum atomic E-state index is -1.32. The van der Waals surface area contributed by atoms with Crippen LogP contribution in [0, 0.1) is 5.92 Å². The second kappa shape index (κ2) is 35.3. The number of nitrogens with zero attached hydrogens (tertiary/aromatic N) is 20. The van der Waals surface area contributed by atoms with Gasteiger partial charge in [-0.3, -0.25) is 33.3 Å². The average molecular weight is 1550 g/mol. The minimum Gasteiger partial charge on any atom is -0.465 e. The Morgan fingerprint density at radius 1 is 0.514 bits per heavy atom. The lowest BCUT2D eigenvalue weighted by atomic mass is 10.1. The van der Waals surface area contributed by atoms with Crippen molar-refractivity contribution in [2.24, 2.45) is 11.8 Å². The van der Waals surface area contributed by atoms with Crippen LogP contribution in [0.5, 0.6) is 0 Å². The number of imidazole rings is 4. The number of aromatic nitrogens is 20. The maximum absolute atomic E-state index is 11.8. The number of nitrogen functional groups attached to an aromatic ring is 5. The van der Waals surface area contributed by atoms with Crippen LogP contribution in [0.25, 0.3) is 56.6 Å². The molecule has 10 aromatic heterocycles. The molecule has 51 heteroatoms. The summed E-state index contributed by atoms with van der Waals surface area (Å²) >= 11 is 5.74. The Balaban J connectivity index is 0.000000162. The summed E-state index contributed by atoms with van der Waals surface area (Å²) in [6, 6.07) is 0. The zero-order valence-electron chi connectivity index (χ0n) is 56.4. The van der Waals surface area contributed by atoms with Crippen molar-refractivity contribution >= 4 is 116 Å². The first kappa shape index (κ1) is 82.0. The molecule has 588 valence electrons. The molecule has 0 saturated carbocycles. The van der Waals surface area contributed by atoms with Gasteiger partial charge in [-0.25, -0.2) is 39.9 Å². The second-order valence-electron chi connectivity index (χ2n) is 23.2. The predicted octanol–water partition coefficient (Wildman–Crippen LogP) is -7.87. The van der Waals surface area contributed by atoms with Gasteiger partial charge < -0.3 is 128 Å². The molecule has 50 nitrogen and oxygen atoms in total. The number of nitrogens with one attached hydrogen (secondary N) is 2. The van der Waals surface area contributed by atoms with E-state index in [1.165, 1.54) is 84.8 Å². The monoisotopic (exact) mass is 1550 g/mol. The number of rotatable bonds is 18. The third kappa shape index (κ3) is 16.7. The van der Waals surface area contributed by atoms with Crippen LogP contribution < -0.4 is 39.5 Å². The van der Waals surface area contributed by atoms with Crippen LogP contribution in [-0.4, -0.2) is 309 Å². The number of esters is 2. The van der Waals surface area contributed by atoms with E-state index in [1.54, 1.807) is 13.8 Å². The van der Waals surface area contributed by atoms with Gasteiger partial charge in [0.15, 0.2) is 76.7 Å². The molecule has 4 aliphatic heterocycles. The van der Waals surface area contributed by atoms with Gasteiger partial charge in [0.2, 0.25) is 11.2 Å². The highest BCUT2D eigenvalue weighted by Gasteiger charge is 2.48. The molecule has 0 aromatic carbocycles. The first-order chi connectivity index (χ1) is 51.7. The normalized spacial score (nSPS) is 24.8. The van der Waals surface area contributed by atoms with Crippen molar-refractivity contribution in [2.45, 2.75) is 119 Å². The Kier molecular flexibility index (Phi) is 26.6. The Morgan fingerprint density at radius 3 is 1.19 bits per heavy atom. The zero-order valence-corrected chi connectivity index (χ0v) is 57.2. The molecular formula is C58H76ClN27O23. The van der Waals surface area contributed by atoms with E-state index < -0.39 is 142 Å². The molecule has 0 aliphatic carbocycles. The van der Waals surface area contributed by atoms with Crippen LogP contribution in [0.2, 0.25) is 5.28 Å².